The number of hydrogen-bond donors (Lipinski definition) is 1. The molecule has 0 aromatic carbocycles. The molecule has 5 nitrogen and oxygen atoms in total. The van der Waals surface area contributed by atoms with Gasteiger partial charge in [0.25, 0.3) is 0 Å². The van der Waals surface area contributed by atoms with Gasteiger partial charge in [-0.15, -0.1) is 0 Å². The highest BCUT2D eigenvalue weighted by Gasteiger charge is 2.18. The first-order valence-corrected chi connectivity index (χ1v) is 5.56. The van der Waals surface area contributed by atoms with Crippen molar-refractivity contribution in [2.45, 2.75) is 33.3 Å². The lowest BCUT2D eigenvalue weighted by molar-refractivity contribution is 0.0636. The summed E-state index contributed by atoms with van der Waals surface area (Å²) in [6, 6.07) is 0. The molecule has 1 N–H and O–H groups in total. The number of aldehydes is 1. The summed E-state index contributed by atoms with van der Waals surface area (Å²) in [5.74, 6) is 0. The molecule has 0 atom stereocenters. The first-order valence-electron chi connectivity index (χ1n) is 4.74. The van der Waals surface area contributed by atoms with Crippen LogP contribution in [0.4, 0.5) is 9.80 Å². The molecule has 0 fully saturated rings. The number of carbonyl (C=O) groups is 2. The molecule has 1 amide bonds. The summed E-state index contributed by atoms with van der Waals surface area (Å²) < 4.78 is 5.08. The summed E-state index contributed by atoms with van der Waals surface area (Å²) in [6.45, 7) is 7.06. The van der Waals surface area contributed by atoms with Gasteiger partial charge in [0, 0.05) is 0 Å². The van der Waals surface area contributed by atoms with Crippen molar-refractivity contribution in [1.29, 1.82) is 0 Å². The molecule has 0 radical (unpaired) electrons. The van der Waals surface area contributed by atoms with E-state index < -0.39 is 11.7 Å². The minimum atomic E-state index is -0.545. The van der Waals surface area contributed by atoms with Crippen LogP contribution in [-0.4, -0.2) is 23.0 Å². The van der Waals surface area contributed by atoms with Crippen molar-refractivity contribution in [1.82, 2.24) is 4.98 Å². The van der Waals surface area contributed by atoms with Crippen molar-refractivity contribution in [3.8, 4) is 0 Å². The van der Waals surface area contributed by atoms with Crippen LogP contribution in [0.3, 0.4) is 0 Å². The Morgan fingerprint density at radius 3 is 2.56 bits per heavy atom. The van der Waals surface area contributed by atoms with Gasteiger partial charge in [0.05, 0.1) is 5.69 Å². The van der Waals surface area contributed by atoms with Crippen molar-refractivity contribution in [3.05, 3.63) is 10.7 Å². The van der Waals surface area contributed by atoms with E-state index in [-0.39, 0.29) is 0 Å². The van der Waals surface area contributed by atoms with E-state index in [0.717, 1.165) is 11.3 Å². The number of nitrogens with one attached hydrogen (secondary N) is 1. The lowest BCUT2D eigenvalue weighted by Gasteiger charge is -2.19. The largest absolute Gasteiger partial charge is 0.444 e. The summed E-state index contributed by atoms with van der Waals surface area (Å²) in [6.07, 6.45) is 0.106. The number of nitrogens with zero attached hydrogens (tertiary/aromatic N) is 1. The van der Waals surface area contributed by atoms with Crippen LogP contribution in [0.25, 0.3) is 0 Å². The molecule has 0 bridgehead atoms. The highest BCUT2D eigenvalue weighted by atomic mass is 32.1. The fourth-order valence-corrected chi connectivity index (χ4v) is 1.75. The molecule has 0 saturated heterocycles. The van der Waals surface area contributed by atoms with E-state index in [2.05, 4.69) is 10.3 Å². The van der Waals surface area contributed by atoms with Crippen LogP contribution in [0.5, 0.6) is 0 Å². The van der Waals surface area contributed by atoms with E-state index in [4.69, 9.17) is 4.74 Å². The van der Waals surface area contributed by atoms with E-state index in [1.54, 1.807) is 27.7 Å². The van der Waals surface area contributed by atoms with Gasteiger partial charge in [0.15, 0.2) is 11.3 Å². The summed E-state index contributed by atoms with van der Waals surface area (Å²) in [5, 5.41) is 3.43. The topological polar surface area (TPSA) is 68.3 Å². The lowest BCUT2D eigenvalue weighted by atomic mass is 10.2. The Balaban J connectivity index is 2.69. The van der Waals surface area contributed by atoms with Crippen LogP contribution in [0, 0.1) is 6.92 Å². The molecular formula is C10H14N2O3S. The molecule has 0 unspecified atom stereocenters. The Labute approximate surface area is 97.8 Å². The van der Waals surface area contributed by atoms with Gasteiger partial charge >= 0.3 is 6.09 Å². The van der Waals surface area contributed by atoms with E-state index in [0.29, 0.717) is 22.0 Å². The predicted molar refractivity (Wildman–Crippen MR) is 62.1 cm³/mol. The monoisotopic (exact) mass is 242 g/mol. The molecule has 0 aliphatic rings. The van der Waals surface area contributed by atoms with Gasteiger partial charge in [-0.05, 0) is 27.7 Å². The molecular weight excluding hydrogens is 228 g/mol. The number of thiazole rings is 1. The number of rotatable bonds is 2. The molecule has 0 aliphatic carbocycles. The fourth-order valence-electron chi connectivity index (χ4n) is 0.980. The zero-order valence-corrected chi connectivity index (χ0v) is 10.5. The zero-order valence-electron chi connectivity index (χ0n) is 9.66. The maximum Gasteiger partial charge on any atom is 0.412 e. The lowest BCUT2D eigenvalue weighted by Crippen LogP contribution is -2.27. The van der Waals surface area contributed by atoms with Crippen LogP contribution in [-0.2, 0) is 4.74 Å². The van der Waals surface area contributed by atoms with Crippen molar-refractivity contribution in [3.63, 3.8) is 0 Å². The summed E-state index contributed by atoms with van der Waals surface area (Å²) >= 11 is 1.12. The average molecular weight is 242 g/mol. The van der Waals surface area contributed by atoms with Gasteiger partial charge in [-0.1, -0.05) is 11.3 Å². The van der Waals surface area contributed by atoms with Gasteiger partial charge < -0.3 is 4.74 Å². The van der Waals surface area contributed by atoms with Crippen LogP contribution < -0.4 is 5.32 Å². The molecule has 0 saturated carbocycles. The molecule has 16 heavy (non-hydrogen) atoms. The number of aryl methyl sites for hydroxylation is 1. The normalized spacial score (nSPS) is 11.0. The van der Waals surface area contributed by atoms with Crippen LogP contribution in [0.1, 0.15) is 36.3 Å². The highest BCUT2D eigenvalue weighted by Crippen LogP contribution is 2.23. The Kier molecular flexibility index (Phi) is 3.64. The Morgan fingerprint density at radius 2 is 2.12 bits per heavy atom. The van der Waals surface area contributed by atoms with Gasteiger partial charge in [0.1, 0.15) is 10.6 Å². The van der Waals surface area contributed by atoms with Crippen molar-refractivity contribution < 1.29 is 14.3 Å². The van der Waals surface area contributed by atoms with Crippen LogP contribution in [0.15, 0.2) is 0 Å². The second kappa shape index (κ2) is 4.61. The Hall–Kier alpha value is -1.43. The maximum absolute atomic E-state index is 11.4. The van der Waals surface area contributed by atoms with Gasteiger partial charge in [-0.3, -0.25) is 10.1 Å². The second-order valence-electron chi connectivity index (χ2n) is 4.21. The van der Waals surface area contributed by atoms with Crippen LogP contribution >= 0.6 is 11.3 Å². The van der Waals surface area contributed by atoms with E-state index >= 15 is 0 Å². The van der Waals surface area contributed by atoms with Gasteiger partial charge in [0.2, 0.25) is 0 Å². The molecule has 6 heteroatoms. The molecule has 88 valence electrons. The van der Waals surface area contributed by atoms with Gasteiger partial charge in [-0.2, -0.15) is 0 Å². The van der Waals surface area contributed by atoms with Gasteiger partial charge in [-0.25, -0.2) is 9.78 Å². The number of ether oxygens (including phenoxy) is 1. The number of aromatic nitrogens is 1. The smallest absolute Gasteiger partial charge is 0.412 e. The minimum Gasteiger partial charge on any atom is -0.444 e. The SMILES string of the molecule is Cc1nc(C=O)sc1NC(=O)OC(C)(C)C. The Bertz CT molecular complexity index is 407. The zero-order chi connectivity index (χ0) is 12.3. The van der Waals surface area contributed by atoms with E-state index in [1.807, 2.05) is 0 Å². The molecule has 0 spiro atoms. The summed E-state index contributed by atoms with van der Waals surface area (Å²) in [4.78, 5) is 25.9. The first-order chi connectivity index (χ1) is 7.31. The predicted octanol–water partition coefficient (Wildman–Crippen LogP) is 2.61. The number of hydrogen-bond acceptors (Lipinski definition) is 5. The van der Waals surface area contributed by atoms with Crippen molar-refractivity contribution in [2.75, 3.05) is 5.32 Å². The number of carbonyl (C=O) groups excluding carboxylic acids is 2. The molecule has 1 heterocycles. The summed E-state index contributed by atoms with van der Waals surface area (Å²) in [5.41, 5.74) is 0.0638. The van der Waals surface area contributed by atoms with E-state index in [1.165, 1.54) is 0 Å². The third kappa shape index (κ3) is 3.62. The molecule has 1 rings (SSSR count). The third-order valence-electron chi connectivity index (χ3n) is 1.53. The van der Waals surface area contributed by atoms with Crippen LogP contribution in [0.2, 0.25) is 0 Å². The molecule has 1 aromatic heterocycles. The average Bonchev–Trinajstić information content (AvgIpc) is 2.44. The number of amides is 1. The highest BCUT2D eigenvalue weighted by molar-refractivity contribution is 7.17. The molecule has 1 aromatic rings. The maximum atomic E-state index is 11.4. The minimum absolute atomic E-state index is 0.337. The Morgan fingerprint density at radius 1 is 1.50 bits per heavy atom. The van der Waals surface area contributed by atoms with E-state index in [9.17, 15) is 9.59 Å². The molecule has 0 aliphatic heterocycles. The number of anilines is 1. The van der Waals surface area contributed by atoms with Crippen molar-refractivity contribution >= 4 is 28.7 Å². The van der Waals surface area contributed by atoms with Crippen molar-refractivity contribution in [2.24, 2.45) is 0 Å². The standard InChI is InChI=1S/C10H14N2O3S/c1-6-8(16-7(5-13)11-6)12-9(14)15-10(2,3)4/h5H,1-4H3,(H,12,14). The third-order valence-corrected chi connectivity index (χ3v) is 2.53. The first kappa shape index (κ1) is 12.6. The fraction of sp³-hybridized carbons (Fsp3) is 0.500. The second-order valence-corrected chi connectivity index (χ2v) is 5.24. The quantitative estimate of drug-likeness (QED) is 0.809. The summed E-state index contributed by atoms with van der Waals surface area (Å²) in [7, 11) is 0.